The SMILES string of the molecule is Cc1noc(-c2cnc(C(C)C)nc2-c2ccc(CNC(=O)C3CCCCC3)cc2)c1C. The predicted molar refractivity (Wildman–Crippen MR) is 125 cm³/mol. The molecule has 6 heteroatoms. The molecule has 0 radical (unpaired) electrons. The molecular weight excluding hydrogens is 400 g/mol. The first-order chi connectivity index (χ1) is 15.4. The Morgan fingerprint density at radius 3 is 2.47 bits per heavy atom. The Hall–Kier alpha value is -3.02. The van der Waals surface area contributed by atoms with Crippen LogP contribution >= 0.6 is 0 Å². The zero-order chi connectivity index (χ0) is 22.7. The van der Waals surface area contributed by atoms with Crippen molar-refractivity contribution in [3.63, 3.8) is 0 Å². The van der Waals surface area contributed by atoms with E-state index in [0.717, 1.165) is 65.1 Å². The Morgan fingerprint density at radius 1 is 1.12 bits per heavy atom. The van der Waals surface area contributed by atoms with Gasteiger partial charge in [-0.15, -0.1) is 0 Å². The minimum atomic E-state index is 0.176. The van der Waals surface area contributed by atoms with Crippen LogP contribution in [0, 0.1) is 19.8 Å². The summed E-state index contributed by atoms with van der Waals surface area (Å²) in [6.45, 7) is 8.65. The van der Waals surface area contributed by atoms with E-state index in [1.54, 1.807) is 0 Å². The van der Waals surface area contributed by atoms with Crippen molar-refractivity contribution < 1.29 is 9.32 Å². The van der Waals surface area contributed by atoms with Crippen molar-refractivity contribution in [2.75, 3.05) is 0 Å². The number of carbonyl (C=O) groups is 1. The summed E-state index contributed by atoms with van der Waals surface area (Å²) in [5.74, 6) is 2.08. The van der Waals surface area contributed by atoms with Gasteiger partial charge in [0, 0.05) is 35.7 Å². The Labute approximate surface area is 189 Å². The zero-order valence-corrected chi connectivity index (χ0v) is 19.4. The number of aromatic nitrogens is 3. The number of nitrogens with one attached hydrogen (secondary N) is 1. The van der Waals surface area contributed by atoms with Crippen LogP contribution in [0.2, 0.25) is 0 Å². The van der Waals surface area contributed by atoms with Crippen molar-refractivity contribution in [1.82, 2.24) is 20.4 Å². The summed E-state index contributed by atoms with van der Waals surface area (Å²) in [5, 5.41) is 7.22. The fourth-order valence-electron chi connectivity index (χ4n) is 4.21. The average molecular weight is 433 g/mol. The first kappa shape index (κ1) is 22.2. The number of benzene rings is 1. The lowest BCUT2D eigenvalue weighted by Gasteiger charge is -2.20. The lowest BCUT2D eigenvalue weighted by Crippen LogP contribution is -2.31. The number of amides is 1. The van der Waals surface area contributed by atoms with Crippen molar-refractivity contribution in [1.29, 1.82) is 0 Å². The van der Waals surface area contributed by atoms with Gasteiger partial charge in [-0.1, -0.05) is 62.5 Å². The molecule has 1 amide bonds. The average Bonchev–Trinajstić information content (AvgIpc) is 3.16. The van der Waals surface area contributed by atoms with E-state index >= 15 is 0 Å². The molecule has 0 unspecified atom stereocenters. The third-order valence-electron chi connectivity index (χ3n) is 6.40. The molecule has 0 saturated heterocycles. The van der Waals surface area contributed by atoms with Crippen molar-refractivity contribution in [2.24, 2.45) is 5.92 Å². The predicted octanol–water partition coefficient (Wildman–Crippen LogP) is 5.74. The minimum absolute atomic E-state index is 0.176. The second kappa shape index (κ2) is 9.63. The third kappa shape index (κ3) is 4.74. The summed E-state index contributed by atoms with van der Waals surface area (Å²) in [7, 11) is 0. The van der Waals surface area contributed by atoms with Gasteiger partial charge in [0.1, 0.15) is 5.82 Å². The summed E-state index contributed by atoms with van der Waals surface area (Å²) in [5.41, 5.74) is 5.59. The van der Waals surface area contributed by atoms with Crippen LogP contribution in [0.25, 0.3) is 22.6 Å². The normalized spacial score (nSPS) is 14.7. The zero-order valence-electron chi connectivity index (χ0n) is 19.4. The van der Waals surface area contributed by atoms with Crippen molar-refractivity contribution in [2.45, 2.75) is 72.3 Å². The van der Waals surface area contributed by atoms with Gasteiger partial charge in [0.05, 0.1) is 17.0 Å². The van der Waals surface area contributed by atoms with Crippen LogP contribution in [-0.2, 0) is 11.3 Å². The Morgan fingerprint density at radius 2 is 1.84 bits per heavy atom. The molecule has 32 heavy (non-hydrogen) atoms. The van der Waals surface area contributed by atoms with Crippen LogP contribution in [0.5, 0.6) is 0 Å². The van der Waals surface area contributed by atoms with E-state index in [2.05, 4.69) is 53.6 Å². The smallest absolute Gasteiger partial charge is 0.223 e. The standard InChI is InChI=1S/C26H32N4O2/c1-16(2)25-27-15-22(24-17(3)18(4)30-32-24)23(29-25)20-12-10-19(11-13-20)14-28-26(31)21-8-6-5-7-9-21/h10-13,15-16,21H,5-9,14H2,1-4H3,(H,28,31). The number of hydrogen-bond acceptors (Lipinski definition) is 5. The lowest BCUT2D eigenvalue weighted by atomic mass is 9.88. The molecule has 0 bridgehead atoms. The van der Waals surface area contributed by atoms with Gasteiger partial charge in [-0.3, -0.25) is 4.79 Å². The summed E-state index contributed by atoms with van der Waals surface area (Å²) in [4.78, 5) is 21.9. The molecule has 0 spiro atoms. The molecule has 0 atom stereocenters. The monoisotopic (exact) mass is 432 g/mol. The van der Waals surface area contributed by atoms with Gasteiger partial charge in [0.2, 0.25) is 5.91 Å². The van der Waals surface area contributed by atoms with Crippen LogP contribution in [0.1, 0.15) is 74.5 Å². The van der Waals surface area contributed by atoms with Gasteiger partial charge in [-0.05, 0) is 32.3 Å². The van der Waals surface area contributed by atoms with Crippen molar-refractivity contribution in [3.05, 3.63) is 53.1 Å². The molecule has 2 heterocycles. The maximum absolute atomic E-state index is 12.5. The molecule has 1 aromatic carbocycles. The molecular formula is C26H32N4O2. The summed E-state index contributed by atoms with van der Waals surface area (Å²) >= 11 is 0. The van der Waals surface area contributed by atoms with Crippen LogP contribution in [-0.4, -0.2) is 21.0 Å². The number of aryl methyl sites for hydroxylation is 1. The van der Waals surface area contributed by atoms with E-state index in [0.29, 0.717) is 12.3 Å². The fraction of sp³-hybridized carbons (Fsp3) is 0.462. The van der Waals surface area contributed by atoms with E-state index in [9.17, 15) is 4.79 Å². The number of hydrogen-bond donors (Lipinski definition) is 1. The summed E-state index contributed by atoms with van der Waals surface area (Å²) < 4.78 is 5.61. The molecule has 6 nitrogen and oxygen atoms in total. The highest BCUT2D eigenvalue weighted by atomic mass is 16.5. The molecule has 168 valence electrons. The molecule has 2 aromatic heterocycles. The maximum Gasteiger partial charge on any atom is 0.223 e. The highest BCUT2D eigenvalue weighted by molar-refractivity contribution is 5.80. The molecule has 1 aliphatic rings. The van der Waals surface area contributed by atoms with Crippen LogP contribution in [0.4, 0.5) is 0 Å². The van der Waals surface area contributed by atoms with Gasteiger partial charge >= 0.3 is 0 Å². The van der Waals surface area contributed by atoms with Gasteiger partial charge < -0.3 is 9.84 Å². The van der Waals surface area contributed by atoms with Gasteiger partial charge in [-0.2, -0.15) is 0 Å². The second-order valence-corrected chi connectivity index (χ2v) is 9.12. The summed E-state index contributed by atoms with van der Waals surface area (Å²) in [6.07, 6.45) is 7.44. The van der Waals surface area contributed by atoms with Gasteiger partial charge in [0.25, 0.3) is 0 Å². The van der Waals surface area contributed by atoms with Gasteiger partial charge in [0.15, 0.2) is 5.76 Å². The fourth-order valence-corrected chi connectivity index (χ4v) is 4.21. The molecule has 1 fully saturated rings. The molecule has 1 aliphatic carbocycles. The molecule has 3 aromatic rings. The Kier molecular flexibility index (Phi) is 6.68. The lowest BCUT2D eigenvalue weighted by molar-refractivity contribution is -0.126. The van der Waals surface area contributed by atoms with E-state index in [1.807, 2.05) is 20.0 Å². The van der Waals surface area contributed by atoms with E-state index < -0.39 is 0 Å². The Bertz CT molecular complexity index is 1080. The second-order valence-electron chi connectivity index (χ2n) is 9.12. The molecule has 1 saturated carbocycles. The topological polar surface area (TPSA) is 80.9 Å². The first-order valence-corrected chi connectivity index (χ1v) is 11.6. The van der Waals surface area contributed by atoms with E-state index in [-0.39, 0.29) is 17.7 Å². The Balaban J connectivity index is 1.57. The highest BCUT2D eigenvalue weighted by Crippen LogP contribution is 2.34. The highest BCUT2D eigenvalue weighted by Gasteiger charge is 2.21. The largest absolute Gasteiger partial charge is 0.356 e. The summed E-state index contributed by atoms with van der Waals surface area (Å²) in [6, 6.07) is 8.21. The number of rotatable bonds is 6. The van der Waals surface area contributed by atoms with E-state index in [1.165, 1.54) is 6.42 Å². The first-order valence-electron chi connectivity index (χ1n) is 11.6. The number of carbonyl (C=O) groups excluding carboxylic acids is 1. The van der Waals surface area contributed by atoms with Crippen molar-refractivity contribution >= 4 is 5.91 Å². The third-order valence-corrected chi connectivity index (χ3v) is 6.40. The van der Waals surface area contributed by atoms with Gasteiger partial charge in [-0.25, -0.2) is 9.97 Å². The molecule has 4 rings (SSSR count). The van der Waals surface area contributed by atoms with Crippen LogP contribution in [0.15, 0.2) is 35.0 Å². The molecule has 0 aliphatic heterocycles. The van der Waals surface area contributed by atoms with Crippen molar-refractivity contribution in [3.8, 4) is 22.6 Å². The van der Waals surface area contributed by atoms with Crippen LogP contribution < -0.4 is 5.32 Å². The number of nitrogens with zero attached hydrogens (tertiary/aromatic N) is 3. The van der Waals surface area contributed by atoms with E-state index in [4.69, 9.17) is 9.51 Å². The van der Waals surface area contributed by atoms with Crippen LogP contribution in [0.3, 0.4) is 0 Å². The minimum Gasteiger partial charge on any atom is -0.356 e. The quantitative estimate of drug-likeness (QED) is 0.537. The molecule has 1 N–H and O–H groups in total. The maximum atomic E-state index is 12.5.